The Kier molecular flexibility index (Phi) is 4.92. The van der Waals surface area contributed by atoms with E-state index in [1.807, 2.05) is 0 Å². The molecule has 0 fully saturated rings. The van der Waals surface area contributed by atoms with Crippen LogP contribution in [0.4, 0.5) is 17.6 Å². The summed E-state index contributed by atoms with van der Waals surface area (Å²) >= 11 is 0. The average molecular weight is 280 g/mol. The van der Waals surface area contributed by atoms with Crippen molar-refractivity contribution in [3.8, 4) is 0 Å². The number of aliphatic hydroxyl groups is 2. The molecule has 0 spiro atoms. The molecule has 2 nitrogen and oxygen atoms in total. The zero-order valence-corrected chi connectivity index (χ0v) is 10.4. The Morgan fingerprint density at radius 3 is 2.00 bits per heavy atom. The normalized spacial score (nSPS) is 18.7. The summed E-state index contributed by atoms with van der Waals surface area (Å²) in [6, 6.07) is 6.68. The molecule has 0 heterocycles. The fraction of sp³-hybridized carbons (Fsp3) is 0.538. The van der Waals surface area contributed by atoms with Gasteiger partial charge in [-0.25, -0.2) is 4.39 Å². The minimum absolute atomic E-state index is 0.171. The van der Waals surface area contributed by atoms with Crippen molar-refractivity contribution in [1.82, 2.24) is 0 Å². The Labute approximate surface area is 108 Å². The van der Waals surface area contributed by atoms with Crippen molar-refractivity contribution < 1.29 is 27.8 Å². The maximum atomic E-state index is 14.3. The van der Waals surface area contributed by atoms with E-state index in [9.17, 15) is 27.8 Å². The molecule has 1 rings (SSSR count). The molecule has 1 aromatic carbocycles. The molecule has 0 radical (unpaired) electrons. The van der Waals surface area contributed by atoms with Gasteiger partial charge in [-0.05, 0) is 12.0 Å². The highest BCUT2D eigenvalue weighted by atomic mass is 19.4. The first-order valence-corrected chi connectivity index (χ1v) is 5.91. The van der Waals surface area contributed by atoms with Crippen molar-refractivity contribution in [1.29, 1.82) is 0 Å². The second kappa shape index (κ2) is 5.88. The molecule has 0 aromatic heterocycles. The van der Waals surface area contributed by atoms with Crippen molar-refractivity contribution in [2.45, 2.75) is 43.8 Å². The third-order valence-electron chi connectivity index (χ3n) is 2.99. The molecule has 0 aliphatic heterocycles. The van der Waals surface area contributed by atoms with E-state index < -0.39 is 24.1 Å². The van der Waals surface area contributed by atoms with Crippen molar-refractivity contribution in [2.75, 3.05) is 0 Å². The number of benzene rings is 1. The van der Waals surface area contributed by atoms with Crippen LogP contribution in [0.1, 0.15) is 31.4 Å². The van der Waals surface area contributed by atoms with Gasteiger partial charge in [-0.1, -0.05) is 43.7 Å². The summed E-state index contributed by atoms with van der Waals surface area (Å²) < 4.78 is 53.1. The molecule has 3 atom stereocenters. The van der Waals surface area contributed by atoms with Gasteiger partial charge in [0.15, 0.2) is 0 Å². The quantitative estimate of drug-likeness (QED) is 0.813. The Hall–Kier alpha value is -1.14. The Bertz CT molecular complexity index is 393. The van der Waals surface area contributed by atoms with Gasteiger partial charge in [0.1, 0.15) is 12.2 Å². The van der Waals surface area contributed by atoms with Crippen LogP contribution >= 0.6 is 0 Å². The second-order valence-corrected chi connectivity index (χ2v) is 4.38. The number of alkyl halides is 4. The van der Waals surface area contributed by atoms with E-state index in [0.717, 1.165) is 0 Å². The summed E-state index contributed by atoms with van der Waals surface area (Å²) in [7, 11) is 0. The van der Waals surface area contributed by atoms with Crippen LogP contribution in [0.5, 0.6) is 0 Å². The smallest absolute Gasteiger partial charge is 0.389 e. The lowest BCUT2D eigenvalue weighted by Gasteiger charge is -2.36. The minimum atomic E-state index is -5.36. The van der Waals surface area contributed by atoms with Gasteiger partial charge >= 0.3 is 6.18 Å². The molecule has 1 aromatic rings. The third-order valence-corrected chi connectivity index (χ3v) is 2.99. The zero-order valence-electron chi connectivity index (χ0n) is 10.4. The Morgan fingerprint density at radius 1 is 1.05 bits per heavy atom. The van der Waals surface area contributed by atoms with E-state index in [-0.39, 0.29) is 18.4 Å². The minimum Gasteiger partial charge on any atom is -0.389 e. The van der Waals surface area contributed by atoms with Gasteiger partial charge in [0.25, 0.3) is 5.67 Å². The van der Waals surface area contributed by atoms with Crippen LogP contribution in [0.15, 0.2) is 30.3 Å². The fourth-order valence-electron chi connectivity index (χ4n) is 1.89. The topological polar surface area (TPSA) is 40.5 Å². The van der Waals surface area contributed by atoms with Crippen molar-refractivity contribution in [3.63, 3.8) is 0 Å². The van der Waals surface area contributed by atoms with Crippen molar-refractivity contribution >= 4 is 0 Å². The fourth-order valence-corrected chi connectivity index (χ4v) is 1.89. The van der Waals surface area contributed by atoms with Gasteiger partial charge in [-0.2, -0.15) is 13.2 Å². The highest BCUT2D eigenvalue weighted by molar-refractivity contribution is 5.22. The summed E-state index contributed by atoms with van der Waals surface area (Å²) in [6.45, 7) is 1.52. The van der Waals surface area contributed by atoms with Crippen LogP contribution in [0.2, 0.25) is 0 Å². The van der Waals surface area contributed by atoms with Crippen LogP contribution in [-0.2, 0) is 0 Å². The Morgan fingerprint density at radius 2 is 1.58 bits per heavy atom. The maximum absolute atomic E-state index is 14.3. The third kappa shape index (κ3) is 3.06. The van der Waals surface area contributed by atoms with Crippen LogP contribution < -0.4 is 0 Å². The number of hydrogen-bond acceptors (Lipinski definition) is 2. The number of aliphatic hydroxyl groups excluding tert-OH is 2. The molecule has 19 heavy (non-hydrogen) atoms. The van der Waals surface area contributed by atoms with Gasteiger partial charge in [0, 0.05) is 0 Å². The van der Waals surface area contributed by atoms with Gasteiger partial charge in [-0.3, -0.25) is 0 Å². The number of halogens is 4. The molecule has 0 aliphatic rings. The lowest BCUT2D eigenvalue weighted by molar-refractivity contribution is -0.291. The summed E-state index contributed by atoms with van der Waals surface area (Å²) in [4.78, 5) is 0. The Balaban J connectivity index is 3.18. The first kappa shape index (κ1) is 15.9. The van der Waals surface area contributed by atoms with Gasteiger partial charge in [-0.15, -0.1) is 0 Å². The standard InChI is InChI=1S/C13H16F4O2/c1-2-6-10(18)12(14,13(15,16)17)11(19)9-7-4-3-5-8-9/h3-5,7-8,10-11,18-19H,2,6H2,1H3/t10-,11+,12-/m1/s1. The predicted molar refractivity (Wildman–Crippen MR) is 62.2 cm³/mol. The number of hydrogen-bond donors (Lipinski definition) is 2. The summed E-state index contributed by atoms with van der Waals surface area (Å²) in [5.41, 5.74) is -4.30. The highest BCUT2D eigenvalue weighted by Crippen LogP contribution is 2.46. The monoisotopic (exact) mass is 280 g/mol. The van der Waals surface area contributed by atoms with E-state index in [0.29, 0.717) is 0 Å². The molecule has 2 N–H and O–H groups in total. The van der Waals surface area contributed by atoms with Gasteiger partial charge in [0.05, 0.1) is 0 Å². The summed E-state index contributed by atoms with van der Waals surface area (Å²) in [5, 5.41) is 19.2. The van der Waals surface area contributed by atoms with Crippen molar-refractivity contribution in [2.24, 2.45) is 0 Å². The second-order valence-electron chi connectivity index (χ2n) is 4.38. The molecule has 0 amide bonds. The van der Waals surface area contributed by atoms with E-state index in [4.69, 9.17) is 0 Å². The van der Waals surface area contributed by atoms with E-state index in [1.165, 1.54) is 37.3 Å². The molecule has 0 saturated heterocycles. The molecule has 6 heteroatoms. The van der Waals surface area contributed by atoms with Crippen molar-refractivity contribution in [3.05, 3.63) is 35.9 Å². The average Bonchev–Trinajstić information content (AvgIpc) is 2.36. The molecule has 108 valence electrons. The van der Waals surface area contributed by atoms with Crippen LogP contribution in [0.25, 0.3) is 0 Å². The van der Waals surface area contributed by atoms with E-state index in [2.05, 4.69) is 0 Å². The zero-order chi connectivity index (χ0) is 14.7. The van der Waals surface area contributed by atoms with E-state index >= 15 is 0 Å². The first-order valence-electron chi connectivity index (χ1n) is 5.91. The molecule has 0 bridgehead atoms. The summed E-state index contributed by atoms with van der Waals surface area (Å²) in [6.07, 6.45) is -10.4. The molecule has 0 aliphatic carbocycles. The van der Waals surface area contributed by atoms with E-state index in [1.54, 1.807) is 0 Å². The molecular weight excluding hydrogens is 264 g/mol. The van der Waals surface area contributed by atoms with Crippen LogP contribution in [-0.4, -0.2) is 28.2 Å². The number of rotatable bonds is 5. The highest BCUT2D eigenvalue weighted by Gasteiger charge is 2.65. The molecule has 0 unspecified atom stereocenters. The predicted octanol–water partition coefficient (Wildman–Crippen LogP) is 3.15. The lowest BCUT2D eigenvalue weighted by atomic mass is 9.85. The van der Waals surface area contributed by atoms with Gasteiger partial charge in [0.2, 0.25) is 0 Å². The largest absolute Gasteiger partial charge is 0.428 e. The molecular formula is C13H16F4O2. The van der Waals surface area contributed by atoms with Crippen LogP contribution in [0.3, 0.4) is 0 Å². The molecule has 0 saturated carbocycles. The summed E-state index contributed by atoms with van der Waals surface area (Å²) in [5.74, 6) is 0. The first-order chi connectivity index (χ1) is 8.75. The van der Waals surface area contributed by atoms with Crippen LogP contribution in [0, 0.1) is 0 Å². The van der Waals surface area contributed by atoms with Gasteiger partial charge < -0.3 is 10.2 Å². The SMILES string of the molecule is CCC[C@@H](O)[C@@](F)([C@@H](O)c1ccccc1)C(F)(F)F. The maximum Gasteiger partial charge on any atom is 0.428 e. The lowest BCUT2D eigenvalue weighted by Crippen LogP contribution is -2.55.